The number of nitrogens with zero attached hydrogens (tertiary/aromatic N) is 1. The molecule has 20 heavy (non-hydrogen) atoms. The van der Waals surface area contributed by atoms with Gasteiger partial charge >= 0.3 is 0 Å². The van der Waals surface area contributed by atoms with Crippen LogP contribution in [0.3, 0.4) is 0 Å². The van der Waals surface area contributed by atoms with Crippen LogP contribution in [0.25, 0.3) is 0 Å². The van der Waals surface area contributed by atoms with E-state index in [9.17, 15) is 4.79 Å². The SMILES string of the molecule is CCc1cc(C(=O)Nc2ccccc2CC)cc(N)n1. The van der Waals surface area contributed by atoms with Crippen molar-refractivity contribution in [1.29, 1.82) is 0 Å². The van der Waals surface area contributed by atoms with Crippen molar-refractivity contribution < 1.29 is 4.79 Å². The van der Waals surface area contributed by atoms with Gasteiger partial charge in [-0.15, -0.1) is 0 Å². The number of nitrogens with two attached hydrogens (primary N) is 1. The molecule has 0 aliphatic rings. The lowest BCUT2D eigenvalue weighted by atomic mass is 10.1. The van der Waals surface area contributed by atoms with Crippen LogP contribution in [-0.4, -0.2) is 10.9 Å². The standard InChI is InChI=1S/C16H19N3O/c1-3-11-7-5-6-8-14(11)19-16(20)12-9-13(4-2)18-15(17)10-12/h5-10H,3-4H2,1-2H3,(H2,17,18)(H,19,20). The van der Waals surface area contributed by atoms with Crippen molar-refractivity contribution in [2.75, 3.05) is 11.1 Å². The van der Waals surface area contributed by atoms with Crippen molar-refractivity contribution in [3.8, 4) is 0 Å². The molecule has 0 unspecified atom stereocenters. The van der Waals surface area contributed by atoms with E-state index < -0.39 is 0 Å². The number of nitrogens with one attached hydrogen (secondary N) is 1. The highest BCUT2D eigenvalue weighted by Gasteiger charge is 2.10. The zero-order chi connectivity index (χ0) is 14.5. The van der Waals surface area contributed by atoms with Gasteiger partial charge < -0.3 is 11.1 Å². The summed E-state index contributed by atoms with van der Waals surface area (Å²) in [5, 5.41) is 2.93. The number of amides is 1. The number of carbonyl (C=O) groups excluding carboxylic acids is 1. The lowest BCUT2D eigenvalue weighted by Gasteiger charge is -2.10. The van der Waals surface area contributed by atoms with E-state index in [4.69, 9.17) is 5.73 Å². The van der Waals surface area contributed by atoms with E-state index >= 15 is 0 Å². The molecule has 4 nitrogen and oxygen atoms in total. The van der Waals surface area contributed by atoms with Crippen LogP contribution in [0.2, 0.25) is 0 Å². The molecule has 0 aliphatic carbocycles. The van der Waals surface area contributed by atoms with Crippen LogP contribution in [0.5, 0.6) is 0 Å². The first-order valence-corrected chi connectivity index (χ1v) is 6.79. The molecule has 0 aliphatic heterocycles. The fourth-order valence-corrected chi connectivity index (χ4v) is 2.07. The largest absolute Gasteiger partial charge is 0.384 e. The van der Waals surface area contributed by atoms with E-state index in [-0.39, 0.29) is 5.91 Å². The van der Waals surface area contributed by atoms with Gasteiger partial charge in [0.15, 0.2) is 0 Å². The summed E-state index contributed by atoms with van der Waals surface area (Å²) in [6, 6.07) is 11.2. The van der Waals surface area contributed by atoms with Crippen LogP contribution in [0, 0.1) is 0 Å². The van der Waals surface area contributed by atoms with Crippen LogP contribution in [0.4, 0.5) is 11.5 Å². The summed E-state index contributed by atoms with van der Waals surface area (Å²) in [6.07, 6.45) is 1.62. The molecule has 104 valence electrons. The maximum atomic E-state index is 12.3. The lowest BCUT2D eigenvalue weighted by Crippen LogP contribution is -2.14. The highest BCUT2D eigenvalue weighted by molar-refractivity contribution is 6.05. The Hall–Kier alpha value is -2.36. The number of rotatable bonds is 4. The molecule has 0 spiro atoms. The van der Waals surface area contributed by atoms with E-state index in [1.54, 1.807) is 12.1 Å². The minimum absolute atomic E-state index is 0.158. The second kappa shape index (κ2) is 6.19. The fraction of sp³-hybridized carbons (Fsp3) is 0.250. The van der Waals surface area contributed by atoms with Gasteiger partial charge in [0.25, 0.3) is 5.91 Å². The summed E-state index contributed by atoms with van der Waals surface area (Å²) in [5.74, 6) is 0.216. The molecule has 0 bridgehead atoms. The van der Waals surface area contributed by atoms with Crippen molar-refractivity contribution in [1.82, 2.24) is 4.98 Å². The predicted octanol–water partition coefficient (Wildman–Crippen LogP) is 3.04. The summed E-state index contributed by atoms with van der Waals surface area (Å²) < 4.78 is 0. The highest BCUT2D eigenvalue weighted by Crippen LogP contribution is 2.17. The number of anilines is 2. The topological polar surface area (TPSA) is 68.0 Å². The molecular weight excluding hydrogens is 250 g/mol. The first-order valence-electron chi connectivity index (χ1n) is 6.79. The van der Waals surface area contributed by atoms with Gasteiger partial charge in [-0.2, -0.15) is 0 Å². The first-order chi connectivity index (χ1) is 9.63. The van der Waals surface area contributed by atoms with Crippen molar-refractivity contribution >= 4 is 17.4 Å². The number of benzene rings is 1. The third-order valence-corrected chi connectivity index (χ3v) is 3.17. The number of aromatic nitrogens is 1. The minimum Gasteiger partial charge on any atom is -0.384 e. The van der Waals surface area contributed by atoms with Crippen LogP contribution < -0.4 is 11.1 Å². The zero-order valence-electron chi connectivity index (χ0n) is 11.8. The fourth-order valence-electron chi connectivity index (χ4n) is 2.07. The van der Waals surface area contributed by atoms with E-state index in [1.165, 1.54) is 0 Å². The number of carbonyl (C=O) groups is 1. The molecule has 4 heteroatoms. The van der Waals surface area contributed by atoms with E-state index in [0.29, 0.717) is 11.4 Å². The van der Waals surface area contributed by atoms with Crippen LogP contribution >= 0.6 is 0 Å². The number of para-hydroxylation sites is 1. The Bertz CT molecular complexity index is 623. The van der Waals surface area contributed by atoms with E-state index in [0.717, 1.165) is 29.8 Å². The number of hydrogen-bond donors (Lipinski definition) is 2. The molecule has 2 aromatic rings. The molecular formula is C16H19N3O. The van der Waals surface area contributed by atoms with Gasteiger partial charge in [-0.3, -0.25) is 4.79 Å². The summed E-state index contributed by atoms with van der Waals surface area (Å²) in [5.41, 5.74) is 9.04. The van der Waals surface area contributed by atoms with Crippen LogP contribution in [-0.2, 0) is 12.8 Å². The molecule has 0 fully saturated rings. The smallest absolute Gasteiger partial charge is 0.255 e. The van der Waals surface area contributed by atoms with Gasteiger partial charge in [0.05, 0.1) is 0 Å². The van der Waals surface area contributed by atoms with Crippen molar-refractivity contribution in [3.05, 3.63) is 53.2 Å². The Morgan fingerprint density at radius 1 is 1.20 bits per heavy atom. The minimum atomic E-state index is -0.158. The quantitative estimate of drug-likeness (QED) is 0.896. The Balaban J connectivity index is 2.26. The average molecular weight is 269 g/mol. The number of hydrogen-bond acceptors (Lipinski definition) is 3. The molecule has 3 N–H and O–H groups in total. The normalized spacial score (nSPS) is 10.3. The summed E-state index contributed by atoms with van der Waals surface area (Å²) in [7, 11) is 0. The van der Waals surface area contributed by atoms with Crippen molar-refractivity contribution in [2.45, 2.75) is 26.7 Å². The van der Waals surface area contributed by atoms with Gasteiger partial charge in [0.1, 0.15) is 5.82 Å². The Morgan fingerprint density at radius 2 is 1.95 bits per heavy atom. The molecule has 1 aromatic carbocycles. The van der Waals surface area contributed by atoms with Gasteiger partial charge in [-0.05, 0) is 36.6 Å². The molecule has 0 saturated carbocycles. The highest BCUT2D eigenvalue weighted by atomic mass is 16.1. The third kappa shape index (κ3) is 3.15. The molecule has 1 heterocycles. The van der Waals surface area contributed by atoms with Gasteiger partial charge in [-0.25, -0.2) is 4.98 Å². The molecule has 1 aromatic heterocycles. The number of aryl methyl sites for hydroxylation is 2. The Kier molecular flexibility index (Phi) is 4.35. The predicted molar refractivity (Wildman–Crippen MR) is 81.8 cm³/mol. The maximum Gasteiger partial charge on any atom is 0.255 e. The second-order valence-corrected chi connectivity index (χ2v) is 4.59. The van der Waals surface area contributed by atoms with Crippen LogP contribution in [0.1, 0.15) is 35.5 Å². The van der Waals surface area contributed by atoms with Gasteiger partial charge in [0.2, 0.25) is 0 Å². The monoisotopic (exact) mass is 269 g/mol. The number of pyridine rings is 1. The maximum absolute atomic E-state index is 12.3. The van der Waals surface area contributed by atoms with E-state index in [1.807, 2.05) is 31.2 Å². The van der Waals surface area contributed by atoms with Crippen molar-refractivity contribution in [2.24, 2.45) is 0 Å². The van der Waals surface area contributed by atoms with Crippen LogP contribution in [0.15, 0.2) is 36.4 Å². The Labute approximate surface area is 119 Å². The number of nitrogen functional groups attached to an aromatic ring is 1. The van der Waals surface area contributed by atoms with Gasteiger partial charge in [0, 0.05) is 16.9 Å². The zero-order valence-corrected chi connectivity index (χ0v) is 11.8. The Morgan fingerprint density at radius 3 is 2.65 bits per heavy atom. The molecule has 0 radical (unpaired) electrons. The van der Waals surface area contributed by atoms with Gasteiger partial charge in [-0.1, -0.05) is 32.0 Å². The lowest BCUT2D eigenvalue weighted by molar-refractivity contribution is 0.102. The summed E-state index contributed by atoms with van der Waals surface area (Å²) in [6.45, 7) is 4.04. The molecule has 0 atom stereocenters. The average Bonchev–Trinajstić information content (AvgIpc) is 2.47. The summed E-state index contributed by atoms with van der Waals surface area (Å²) in [4.78, 5) is 16.5. The third-order valence-electron chi connectivity index (χ3n) is 3.17. The van der Waals surface area contributed by atoms with Crippen molar-refractivity contribution in [3.63, 3.8) is 0 Å². The second-order valence-electron chi connectivity index (χ2n) is 4.59. The van der Waals surface area contributed by atoms with E-state index in [2.05, 4.69) is 17.2 Å². The molecule has 0 saturated heterocycles. The first kappa shape index (κ1) is 14.1. The molecule has 1 amide bonds. The summed E-state index contributed by atoms with van der Waals surface area (Å²) >= 11 is 0. The molecule has 2 rings (SSSR count).